The zero-order valence-electron chi connectivity index (χ0n) is 11.9. The second-order valence-corrected chi connectivity index (χ2v) is 5.70. The lowest BCUT2D eigenvalue weighted by molar-refractivity contribution is -0.156. The molecule has 3 rings (SSSR count). The number of hydrogen-bond acceptors (Lipinski definition) is 3. The Balaban J connectivity index is 2.25. The number of halogens is 1. The standard InChI is InChI=1S/C16H16ClNO3/c1-4-21-15(20)16(3)9(2)18-11-8-6-5-7-10(11)12(17)13(18)14(16)19/h5-8,14,19H,2,4H2,1,3H3. The summed E-state index contributed by atoms with van der Waals surface area (Å²) in [5, 5.41) is 12.0. The van der Waals surface area contributed by atoms with E-state index < -0.39 is 17.5 Å². The van der Waals surface area contributed by atoms with Crippen LogP contribution in [0, 0.1) is 5.41 Å². The third-order valence-electron chi connectivity index (χ3n) is 4.22. The van der Waals surface area contributed by atoms with Crippen LogP contribution in [0.5, 0.6) is 0 Å². The molecule has 0 saturated heterocycles. The van der Waals surface area contributed by atoms with Gasteiger partial charge < -0.3 is 14.4 Å². The van der Waals surface area contributed by atoms with Crippen molar-refractivity contribution in [1.29, 1.82) is 0 Å². The number of aliphatic hydroxyl groups is 1. The molecule has 2 aromatic rings. The van der Waals surface area contributed by atoms with Gasteiger partial charge in [-0.2, -0.15) is 0 Å². The molecule has 1 aromatic heterocycles. The topological polar surface area (TPSA) is 51.5 Å². The van der Waals surface area contributed by atoms with Crippen molar-refractivity contribution in [3.63, 3.8) is 0 Å². The summed E-state index contributed by atoms with van der Waals surface area (Å²) in [7, 11) is 0. The van der Waals surface area contributed by atoms with Crippen LogP contribution in [0.25, 0.3) is 16.6 Å². The van der Waals surface area contributed by atoms with Crippen LogP contribution >= 0.6 is 11.6 Å². The number of benzene rings is 1. The molecule has 1 N–H and O–H groups in total. The Hall–Kier alpha value is -1.78. The molecular weight excluding hydrogens is 290 g/mol. The van der Waals surface area contributed by atoms with Gasteiger partial charge in [-0.1, -0.05) is 36.4 Å². The highest BCUT2D eigenvalue weighted by atomic mass is 35.5. The van der Waals surface area contributed by atoms with Crippen LogP contribution in [-0.2, 0) is 9.53 Å². The molecule has 0 aliphatic carbocycles. The highest BCUT2D eigenvalue weighted by Gasteiger charge is 2.54. The van der Waals surface area contributed by atoms with E-state index in [1.165, 1.54) is 0 Å². The third-order valence-corrected chi connectivity index (χ3v) is 4.62. The van der Waals surface area contributed by atoms with Gasteiger partial charge in [0.1, 0.15) is 11.5 Å². The predicted molar refractivity (Wildman–Crippen MR) is 82.0 cm³/mol. The Morgan fingerprint density at radius 1 is 1.52 bits per heavy atom. The number of fused-ring (bicyclic) bond motifs is 3. The number of ether oxygens (including phenoxy) is 1. The number of para-hydroxylation sites is 1. The molecule has 0 saturated carbocycles. The third kappa shape index (κ3) is 1.63. The largest absolute Gasteiger partial charge is 0.465 e. The van der Waals surface area contributed by atoms with Crippen molar-refractivity contribution < 1.29 is 14.6 Å². The number of rotatable bonds is 2. The summed E-state index contributed by atoms with van der Waals surface area (Å²) in [4.78, 5) is 12.3. The van der Waals surface area contributed by atoms with Crippen molar-refractivity contribution in [3.05, 3.63) is 41.6 Å². The van der Waals surface area contributed by atoms with Gasteiger partial charge in [0.15, 0.2) is 0 Å². The summed E-state index contributed by atoms with van der Waals surface area (Å²) in [5.41, 5.74) is 0.582. The van der Waals surface area contributed by atoms with Gasteiger partial charge in [-0.05, 0) is 19.9 Å². The molecule has 0 spiro atoms. The van der Waals surface area contributed by atoms with E-state index in [2.05, 4.69) is 6.58 Å². The van der Waals surface area contributed by atoms with Gasteiger partial charge in [0.05, 0.1) is 22.8 Å². The minimum atomic E-state index is -1.22. The zero-order chi connectivity index (χ0) is 15.4. The Kier molecular flexibility index (Phi) is 3.11. The first-order chi connectivity index (χ1) is 9.94. The Labute approximate surface area is 127 Å². The van der Waals surface area contributed by atoms with Gasteiger partial charge in [0.2, 0.25) is 0 Å². The molecule has 2 heterocycles. The molecule has 2 unspecified atom stereocenters. The first-order valence-corrected chi connectivity index (χ1v) is 7.16. The van der Waals surface area contributed by atoms with Crippen molar-refractivity contribution in [2.45, 2.75) is 20.0 Å². The van der Waals surface area contributed by atoms with Gasteiger partial charge >= 0.3 is 5.97 Å². The van der Waals surface area contributed by atoms with Crippen LogP contribution in [0.4, 0.5) is 0 Å². The summed E-state index contributed by atoms with van der Waals surface area (Å²) in [6.45, 7) is 7.62. The SMILES string of the molecule is C=C1n2c(c(Cl)c3ccccc32)C(O)C1(C)C(=O)OCC. The van der Waals surface area contributed by atoms with E-state index in [-0.39, 0.29) is 6.61 Å². The molecule has 0 bridgehead atoms. The van der Waals surface area contributed by atoms with Gasteiger partial charge in [0, 0.05) is 11.1 Å². The van der Waals surface area contributed by atoms with E-state index in [1.54, 1.807) is 18.4 Å². The summed E-state index contributed by atoms with van der Waals surface area (Å²) < 4.78 is 6.87. The first kappa shape index (κ1) is 14.2. The van der Waals surface area contributed by atoms with Crippen molar-refractivity contribution in [2.24, 2.45) is 5.41 Å². The van der Waals surface area contributed by atoms with Crippen LogP contribution in [0.3, 0.4) is 0 Å². The van der Waals surface area contributed by atoms with E-state index >= 15 is 0 Å². The molecule has 2 atom stereocenters. The lowest BCUT2D eigenvalue weighted by atomic mass is 9.82. The van der Waals surface area contributed by atoms with Crippen LogP contribution in [0.15, 0.2) is 30.8 Å². The van der Waals surface area contributed by atoms with Crippen LogP contribution in [0.1, 0.15) is 25.6 Å². The molecule has 21 heavy (non-hydrogen) atoms. The van der Waals surface area contributed by atoms with E-state index in [1.807, 2.05) is 24.3 Å². The number of nitrogens with zero attached hydrogens (tertiary/aromatic N) is 1. The summed E-state index contributed by atoms with van der Waals surface area (Å²) in [5.74, 6) is -0.494. The number of aliphatic hydroxyl groups excluding tert-OH is 1. The summed E-state index contributed by atoms with van der Waals surface area (Å²) in [6, 6.07) is 7.53. The number of carbonyl (C=O) groups excluding carboxylic acids is 1. The average molecular weight is 306 g/mol. The quantitative estimate of drug-likeness (QED) is 0.865. The molecule has 1 aromatic carbocycles. The first-order valence-electron chi connectivity index (χ1n) is 6.78. The number of hydrogen-bond donors (Lipinski definition) is 1. The Morgan fingerprint density at radius 2 is 2.19 bits per heavy atom. The minimum Gasteiger partial charge on any atom is -0.465 e. The van der Waals surface area contributed by atoms with Crippen LogP contribution in [-0.4, -0.2) is 22.2 Å². The highest BCUT2D eigenvalue weighted by Crippen LogP contribution is 2.54. The fourth-order valence-corrected chi connectivity index (χ4v) is 3.27. The fourth-order valence-electron chi connectivity index (χ4n) is 2.93. The molecule has 0 fully saturated rings. The molecule has 1 aliphatic rings. The zero-order valence-corrected chi connectivity index (χ0v) is 12.6. The van der Waals surface area contributed by atoms with Gasteiger partial charge in [0.25, 0.3) is 0 Å². The molecule has 4 nitrogen and oxygen atoms in total. The average Bonchev–Trinajstić information content (AvgIpc) is 2.88. The molecule has 5 heteroatoms. The number of esters is 1. The molecule has 110 valence electrons. The van der Waals surface area contributed by atoms with Gasteiger partial charge in [-0.15, -0.1) is 0 Å². The molecular formula is C16H16ClNO3. The van der Waals surface area contributed by atoms with Crippen LogP contribution < -0.4 is 0 Å². The highest BCUT2D eigenvalue weighted by molar-refractivity contribution is 6.37. The van der Waals surface area contributed by atoms with E-state index in [0.29, 0.717) is 16.4 Å². The normalized spacial score (nSPS) is 24.4. The lowest BCUT2D eigenvalue weighted by Gasteiger charge is -2.26. The maximum Gasteiger partial charge on any atom is 0.320 e. The van der Waals surface area contributed by atoms with E-state index in [9.17, 15) is 9.90 Å². The smallest absolute Gasteiger partial charge is 0.320 e. The minimum absolute atomic E-state index is 0.248. The van der Waals surface area contributed by atoms with Crippen molar-refractivity contribution in [2.75, 3.05) is 6.61 Å². The maximum absolute atomic E-state index is 12.3. The van der Waals surface area contributed by atoms with Gasteiger partial charge in [-0.3, -0.25) is 4.79 Å². The lowest BCUT2D eigenvalue weighted by Crippen LogP contribution is -2.33. The Bertz CT molecular complexity index is 764. The fraction of sp³-hybridized carbons (Fsp3) is 0.312. The second kappa shape index (κ2) is 4.61. The van der Waals surface area contributed by atoms with Gasteiger partial charge in [-0.25, -0.2) is 0 Å². The maximum atomic E-state index is 12.3. The number of aromatic nitrogens is 1. The summed E-state index contributed by atoms with van der Waals surface area (Å²) >= 11 is 6.40. The van der Waals surface area contributed by atoms with E-state index in [4.69, 9.17) is 16.3 Å². The second-order valence-electron chi connectivity index (χ2n) is 5.32. The summed E-state index contributed by atoms with van der Waals surface area (Å²) in [6.07, 6.45) is -1.08. The van der Waals surface area contributed by atoms with E-state index in [0.717, 1.165) is 10.9 Å². The molecule has 1 aliphatic heterocycles. The van der Waals surface area contributed by atoms with Crippen molar-refractivity contribution >= 4 is 34.2 Å². The van der Waals surface area contributed by atoms with Crippen LogP contribution in [0.2, 0.25) is 5.02 Å². The molecule has 0 radical (unpaired) electrons. The van der Waals surface area contributed by atoms with Crippen molar-refractivity contribution in [1.82, 2.24) is 4.57 Å². The van der Waals surface area contributed by atoms with Crippen molar-refractivity contribution in [3.8, 4) is 0 Å². The predicted octanol–water partition coefficient (Wildman–Crippen LogP) is 3.38. The monoisotopic (exact) mass is 305 g/mol. The number of carbonyl (C=O) groups is 1. The molecule has 0 amide bonds. The Morgan fingerprint density at radius 3 is 2.86 bits per heavy atom.